The van der Waals surface area contributed by atoms with Crippen molar-refractivity contribution >= 4 is 5.97 Å². The van der Waals surface area contributed by atoms with Crippen LogP contribution in [-0.4, -0.2) is 38.1 Å². The Kier molecular flexibility index (Phi) is 3.09. The average molecular weight is 171 g/mol. The Hall–Kier alpha value is -0.570. The first kappa shape index (κ1) is 9.52. The molecule has 3 nitrogen and oxygen atoms in total. The first-order chi connectivity index (χ1) is 5.59. The van der Waals surface area contributed by atoms with Gasteiger partial charge in [-0.3, -0.25) is 4.79 Å². The van der Waals surface area contributed by atoms with Crippen LogP contribution in [-0.2, 0) is 9.53 Å². The van der Waals surface area contributed by atoms with Crippen LogP contribution in [0.3, 0.4) is 0 Å². The van der Waals surface area contributed by atoms with Crippen molar-refractivity contribution in [2.24, 2.45) is 11.8 Å². The van der Waals surface area contributed by atoms with Crippen LogP contribution in [0, 0.1) is 11.8 Å². The third kappa shape index (κ3) is 3.22. The van der Waals surface area contributed by atoms with Gasteiger partial charge < -0.3 is 9.64 Å². The van der Waals surface area contributed by atoms with E-state index in [1.807, 2.05) is 0 Å². The van der Waals surface area contributed by atoms with Crippen molar-refractivity contribution in [3.05, 3.63) is 0 Å². The van der Waals surface area contributed by atoms with E-state index in [2.05, 4.69) is 19.0 Å². The summed E-state index contributed by atoms with van der Waals surface area (Å²) in [5, 5.41) is 0. The minimum atomic E-state index is -0.162. The molecule has 0 bridgehead atoms. The number of esters is 1. The molecule has 3 heteroatoms. The van der Waals surface area contributed by atoms with Gasteiger partial charge in [0.05, 0.1) is 6.61 Å². The summed E-state index contributed by atoms with van der Waals surface area (Å²) in [5.74, 6) is 1.21. The smallest absolute Gasteiger partial charge is 0.302 e. The maximum Gasteiger partial charge on any atom is 0.302 e. The molecule has 1 aliphatic rings. The van der Waals surface area contributed by atoms with Gasteiger partial charge in [0.15, 0.2) is 0 Å². The number of carbonyl (C=O) groups excluding carboxylic acids is 1. The zero-order valence-electron chi connectivity index (χ0n) is 8.04. The standard InChI is InChI=1S/C9H17NO2/c1-7(11)12-6-9-4-8(9)5-10(2)3/h8-9H,4-6H2,1-3H3. The molecule has 0 aromatic heterocycles. The van der Waals surface area contributed by atoms with E-state index in [9.17, 15) is 4.79 Å². The first-order valence-electron chi connectivity index (χ1n) is 4.37. The minimum absolute atomic E-state index is 0.162. The second kappa shape index (κ2) is 3.90. The quantitative estimate of drug-likeness (QED) is 0.584. The van der Waals surface area contributed by atoms with Crippen LogP contribution in [0.15, 0.2) is 0 Å². The number of rotatable bonds is 4. The van der Waals surface area contributed by atoms with Crippen molar-refractivity contribution in [3.63, 3.8) is 0 Å². The summed E-state index contributed by atoms with van der Waals surface area (Å²) >= 11 is 0. The highest BCUT2D eigenvalue weighted by Gasteiger charge is 2.37. The van der Waals surface area contributed by atoms with Gasteiger partial charge in [-0.15, -0.1) is 0 Å². The lowest BCUT2D eigenvalue weighted by Gasteiger charge is -2.08. The monoisotopic (exact) mass is 171 g/mol. The number of ether oxygens (including phenoxy) is 1. The van der Waals surface area contributed by atoms with E-state index in [4.69, 9.17) is 4.74 Å². The van der Waals surface area contributed by atoms with Crippen LogP contribution in [0.2, 0.25) is 0 Å². The highest BCUT2D eigenvalue weighted by Crippen LogP contribution is 2.38. The van der Waals surface area contributed by atoms with Crippen LogP contribution in [0.5, 0.6) is 0 Å². The molecular formula is C9H17NO2. The molecule has 0 heterocycles. The first-order valence-corrected chi connectivity index (χ1v) is 4.37. The van der Waals surface area contributed by atoms with E-state index >= 15 is 0 Å². The molecule has 0 N–H and O–H groups in total. The summed E-state index contributed by atoms with van der Waals surface area (Å²) in [4.78, 5) is 12.7. The summed E-state index contributed by atoms with van der Waals surface area (Å²) < 4.78 is 4.92. The molecular weight excluding hydrogens is 154 g/mol. The normalized spacial score (nSPS) is 27.3. The van der Waals surface area contributed by atoms with Gasteiger partial charge >= 0.3 is 5.97 Å². The van der Waals surface area contributed by atoms with Gasteiger partial charge in [0.25, 0.3) is 0 Å². The Morgan fingerprint density at radius 2 is 2.17 bits per heavy atom. The maximum absolute atomic E-state index is 10.5. The van der Waals surface area contributed by atoms with Crippen molar-refractivity contribution in [1.82, 2.24) is 4.90 Å². The summed E-state index contributed by atoms with van der Waals surface area (Å²) in [5.41, 5.74) is 0. The van der Waals surface area contributed by atoms with Gasteiger partial charge in [-0.1, -0.05) is 0 Å². The fourth-order valence-corrected chi connectivity index (χ4v) is 1.43. The fourth-order valence-electron chi connectivity index (χ4n) is 1.43. The summed E-state index contributed by atoms with van der Waals surface area (Å²) in [6, 6.07) is 0. The lowest BCUT2D eigenvalue weighted by molar-refractivity contribution is -0.141. The molecule has 12 heavy (non-hydrogen) atoms. The molecule has 0 aromatic carbocycles. The molecule has 1 fully saturated rings. The maximum atomic E-state index is 10.5. The van der Waals surface area contributed by atoms with Gasteiger partial charge in [0.1, 0.15) is 0 Å². The SMILES string of the molecule is CC(=O)OCC1CC1CN(C)C. The lowest BCUT2D eigenvalue weighted by Crippen LogP contribution is -2.16. The Balaban J connectivity index is 2.04. The summed E-state index contributed by atoms with van der Waals surface area (Å²) in [6.45, 7) is 3.20. The zero-order chi connectivity index (χ0) is 9.14. The molecule has 2 unspecified atom stereocenters. The van der Waals surface area contributed by atoms with Crippen LogP contribution in [0.25, 0.3) is 0 Å². The molecule has 0 spiro atoms. The number of nitrogens with zero attached hydrogens (tertiary/aromatic N) is 1. The molecule has 0 radical (unpaired) electrons. The highest BCUT2D eigenvalue weighted by atomic mass is 16.5. The zero-order valence-corrected chi connectivity index (χ0v) is 8.04. The molecule has 2 atom stereocenters. The van der Waals surface area contributed by atoms with Gasteiger partial charge in [0.2, 0.25) is 0 Å². The van der Waals surface area contributed by atoms with E-state index < -0.39 is 0 Å². The molecule has 70 valence electrons. The van der Waals surface area contributed by atoms with Crippen molar-refractivity contribution in [2.45, 2.75) is 13.3 Å². The largest absolute Gasteiger partial charge is 0.466 e. The average Bonchev–Trinajstić information content (AvgIpc) is 2.62. The Morgan fingerprint density at radius 1 is 1.50 bits per heavy atom. The van der Waals surface area contributed by atoms with E-state index in [1.54, 1.807) is 0 Å². The van der Waals surface area contributed by atoms with Gasteiger partial charge in [-0.2, -0.15) is 0 Å². The summed E-state index contributed by atoms with van der Waals surface area (Å²) in [6.07, 6.45) is 1.21. The van der Waals surface area contributed by atoms with Crippen LogP contribution >= 0.6 is 0 Å². The topological polar surface area (TPSA) is 29.5 Å². The molecule has 1 aliphatic carbocycles. The lowest BCUT2D eigenvalue weighted by atomic mass is 10.3. The molecule has 0 amide bonds. The third-order valence-electron chi connectivity index (χ3n) is 2.17. The minimum Gasteiger partial charge on any atom is -0.466 e. The van der Waals surface area contributed by atoms with Crippen molar-refractivity contribution in [3.8, 4) is 0 Å². The highest BCUT2D eigenvalue weighted by molar-refractivity contribution is 5.65. The molecule has 0 aromatic rings. The van der Waals surface area contributed by atoms with Crippen molar-refractivity contribution < 1.29 is 9.53 Å². The van der Waals surface area contributed by atoms with Gasteiger partial charge in [0, 0.05) is 13.5 Å². The Bertz CT molecular complexity index is 168. The predicted octanol–water partition coefficient (Wildman–Crippen LogP) is 0.747. The second-order valence-electron chi connectivity index (χ2n) is 3.82. The van der Waals surface area contributed by atoms with Crippen molar-refractivity contribution in [1.29, 1.82) is 0 Å². The van der Waals surface area contributed by atoms with E-state index in [0.29, 0.717) is 12.5 Å². The molecule has 0 saturated heterocycles. The molecule has 1 saturated carbocycles. The number of carbonyl (C=O) groups is 1. The summed E-state index contributed by atoms with van der Waals surface area (Å²) in [7, 11) is 4.14. The van der Waals surface area contributed by atoms with Gasteiger partial charge in [-0.25, -0.2) is 0 Å². The van der Waals surface area contributed by atoms with Crippen LogP contribution in [0.1, 0.15) is 13.3 Å². The van der Waals surface area contributed by atoms with E-state index in [-0.39, 0.29) is 5.97 Å². The fraction of sp³-hybridized carbons (Fsp3) is 0.889. The van der Waals surface area contributed by atoms with E-state index in [0.717, 1.165) is 12.5 Å². The van der Waals surface area contributed by atoms with E-state index in [1.165, 1.54) is 13.3 Å². The second-order valence-corrected chi connectivity index (χ2v) is 3.82. The van der Waals surface area contributed by atoms with Crippen molar-refractivity contribution in [2.75, 3.05) is 27.2 Å². The number of hydrogen-bond acceptors (Lipinski definition) is 3. The molecule has 1 rings (SSSR count). The predicted molar refractivity (Wildman–Crippen MR) is 46.8 cm³/mol. The molecule has 0 aliphatic heterocycles. The number of hydrogen-bond donors (Lipinski definition) is 0. The van der Waals surface area contributed by atoms with Gasteiger partial charge in [-0.05, 0) is 32.4 Å². The Morgan fingerprint density at radius 3 is 2.67 bits per heavy atom. The third-order valence-corrected chi connectivity index (χ3v) is 2.17. The van der Waals surface area contributed by atoms with Crippen LogP contribution in [0.4, 0.5) is 0 Å². The Labute approximate surface area is 73.7 Å². The van der Waals surface area contributed by atoms with Crippen LogP contribution < -0.4 is 0 Å².